The highest BCUT2D eigenvalue weighted by atomic mass is 35.6. The average Bonchev–Trinajstić information content (AvgIpc) is 2.79. The van der Waals surface area contributed by atoms with E-state index in [-0.39, 0.29) is 13.2 Å². The first-order valence-corrected chi connectivity index (χ1v) is 12.5. The second-order valence-electron chi connectivity index (χ2n) is 6.58. The predicted octanol–water partition coefficient (Wildman–Crippen LogP) is 3.63. The van der Waals surface area contributed by atoms with E-state index >= 15 is 0 Å². The molecule has 2 N–H and O–H groups in total. The van der Waals surface area contributed by atoms with Crippen LogP contribution in [0.2, 0.25) is 0 Å². The van der Waals surface area contributed by atoms with Crippen molar-refractivity contribution in [2.24, 2.45) is 0 Å². The van der Waals surface area contributed by atoms with Gasteiger partial charge in [0, 0.05) is 7.11 Å². The van der Waals surface area contributed by atoms with Gasteiger partial charge in [-0.15, -0.1) is 13.2 Å². The van der Waals surface area contributed by atoms with Crippen molar-refractivity contribution < 1.29 is 47.0 Å². The van der Waals surface area contributed by atoms with E-state index in [1.165, 1.54) is 25.5 Å². The number of hydrogen-bond acceptors (Lipinski definition) is 10. The van der Waals surface area contributed by atoms with Gasteiger partial charge in [0.15, 0.2) is 0 Å². The van der Waals surface area contributed by atoms with Crippen molar-refractivity contribution in [2.75, 3.05) is 33.5 Å². The van der Waals surface area contributed by atoms with Gasteiger partial charge in [-0.1, -0.05) is 53.0 Å². The number of amides is 1. The summed E-state index contributed by atoms with van der Waals surface area (Å²) >= 11 is 16.8. The molecular weight excluding hydrogens is 540 g/mol. The molecule has 1 rings (SSSR count). The number of hydrogen-bond donors (Lipinski definition) is 2. The lowest BCUT2D eigenvalue weighted by Crippen LogP contribution is -2.65. The van der Waals surface area contributed by atoms with Crippen LogP contribution in [0.4, 0.5) is 4.79 Å². The molecule has 15 heteroatoms. The number of phosphoric ester groups is 1. The Balaban J connectivity index is 3.23. The highest BCUT2D eigenvalue weighted by Gasteiger charge is 2.51. The molecule has 1 heterocycles. The van der Waals surface area contributed by atoms with E-state index in [0.29, 0.717) is 0 Å². The van der Waals surface area contributed by atoms with Crippen molar-refractivity contribution >= 4 is 48.7 Å². The Kier molecular flexibility index (Phi) is 14.0. The highest BCUT2D eigenvalue weighted by molar-refractivity contribution is 7.48. The average molecular weight is 569 g/mol. The number of carbonyl (C=O) groups is 1. The third-order valence-electron chi connectivity index (χ3n) is 4.05. The van der Waals surface area contributed by atoms with E-state index in [9.17, 15) is 14.5 Å². The molecule has 1 aliphatic rings. The molecule has 0 aliphatic carbocycles. The van der Waals surface area contributed by atoms with Gasteiger partial charge >= 0.3 is 13.9 Å². The van der Waals surface area contributed by atoms with E-state index in [0.717, 1.165) is 0 Å². The summed E-state index contributed by atoms with van der Waals surface area (Å²) in [6.45, 7) is 7.20. The molecule has 0 unspecified atom stereocenters. The van der Waals surface area contributed by atoms with E-state index < -0.39 is 61.6 Å². The Morgan fingerprint density at radius 2 is 1.82 bits per heavy atom. The van der Waals surface area contributed by atoms with E-state index in [2.05, 4.69) is 18.5 Å². The zero-order valence-electron chi connectivity index (χ0n) is 18.6. The van der Waals surface area contributed by atoms with Crippen molar-refractivity contribution in [1.29, 1.82) is 0 Å². The van der Waals surface area contributed by atoms with Gasteiger partial charge in [0.05, 0.1) is 26.1 Å². The summed E-state index contributed by atoms with van der Waals surface area (Å²) in [6.07, 6.45) is -0.105. The molecule has 196 valence electrons. The van der Waals surface area contributed by atoms with E-state index in [1.54, 1.807) is 13.0 Å². The quantitative estimate of drug-likeness (QED) is 0.139. The Labute approximate surface area is 213 Å². The number of phosphoric acid groups is 1. The summed E-state index contributed by atoms with van der Waals surface area (Å²) in [5.41, 5.74) is 0. The molecule has 34 heavy (non-hydrogen) atoms. The van der Waals surface area contributed by atoms with Crippen molar-refractivity contribution in [1.82, 2.24) is 5.32 Å². The van der Waals surface area contributed by atoms with Gasteiger partial charge in [-0.3, -0.25) is 13.6 Å². The maximum absolute atomic E-state index is 13.2. The number of nitrogens with one attached hydrogen (secondary N) is 1. The highest BCUT2D eigenvalue weighted by Crippen LogP contribution is 2.52. The van der Waals surface area contributed by atoms with Gasteiger partial charge in [0.1, 0.15) is 31.0 Å². The third kappa shape index (κ3) is 10.4. The molecule has 0 bridgehead atoms. The maximum Gasteiger partial charge on any atom is 0.475 e. The molecule has 0 aromatic carbocycles. The van der Waals surface area contributed by atoms with Crippen LogP contribution in [0.1, 0.15) is 6.92 Å². The summed E-state index contributed by atoms with van der Waals surface area (Å²) in [7, 11) is -2.92. The normalized spacial score (nSPS) is 25.6. The first kappa shape index (κ1) is 31.2. The van der Waals surface area contributed by atoms with Gasteiger partial charge in [-0.25, -0.2) is 9.36 Å². The van der Waals surface area contributed by atoms with Gasteiger partial charge in [-0.05, 0) is 6.92 Å². The Morgan fingerprint density at radius 3 is 2.29 bits per heavy atom. The number of carbonyl (C=O) groups excluding carboxylic acids is 1. The van der Waals surface area contributed by atoms with Crippen LogP contribution in [0.15, 0.2) is 37.6 Å². The molecule has 0 saturated carbocycles. The third-order valence-corrected chi connectivity index (χ3v) is 5.81. The smallest absolute Gasteiger partial charge is 0.471 e. The second kappa shape index (κ2) is 15.3. The maximum atomic E-state index is 13.2. The Hall–Kier alpha value is -0.850. The number of alkyl halides is 3. The zero-order chi connectivity index (χ0) is 25.8. The van der Waals surface area contributed by atoms with Crippen LogP contribution in [-0.2, 0) is 37.1 Å². The lowest BCUT2D eigenvalue weighted by molar-refractivity contribution is -0.256. The number of allylic oxidation sites excluding steroid dienone is 1. The van der Waals surface area contributed by atoms with E-state index in [4.69, 9.17) is 67.3 Å². The monoisotopic (exact) mass is 567 g/mol. The molecule has 1 fully saturated rings. The first-order valence-electron chi connectivity index (χ1n) is 9.89. The van der Waals surface area contributed by atoms with Crippen LogP contribution in [0.3, 0.4) is 0 Å². The fourth-order valence-corrected chi connectivity index (χ4v) is 4.23. The Morgan fingerprint density at radius 1 is 1.21 bits per heavy atom. The van der Waals surface area contributed by atoms with Crippen LogP contribution in [0.25, 0.3) is 0 Å². The van der Waals surface area contributed by atoms with Gasteiger partial charge in [-0.2, -0.15) is 0 Å². The van der Waals surface area contributed by atoms with Crippen LogP contribution < -0.4 is 5.32 Å². The fourth-order valence-electron chi connectivity index (χ4n) is 2.74. The van der Waals surface area contributed by atoms with Crippen molar-refractivity contribution in [2.45, 2.75) is 41.4 Å². The molecule has 5 atom stereocenters. The number of halogens is 3. The van der Waals surface area contributed by atoms with Crippen LogP contribution in [-0.4, -0.2) is 79.2 Å². The number of methoxy groups -OCH3 is 1. The summed E-state index contributed by atoms with van der Waals surface area (Å²) < 4.78 is 49.1. The summed E-state index contributed by atoms with van der Waals surface area (Å²) in [6, 6.07) is -1.11. The molecule has 0 spiro atoms. The topological polar surface area (TPSA) is 131 Å². The number of aliphatic hydroxyl groups is 1. The summed E-state index contributed by atoms with van der Waals surface area (Å²) in [5, 5.41) is 12.4. The molecular formula is C19H29Cl3NO10P. The van der Waals surface area contributed by atoms with Crippen molar-refractivity contribution in [3.05, 3.63) is 37.6 Å². The molecule has 1 aliphatic heterocycles. The summed E-state index contributed by atoms with van der Waals surface area (Å²) in [5.74, 6) is 0. The minimum absolute atomic E-state index is 0.165. The summed E-state index contributed by atoms with van der Waals surface area (Å²) in [4.78, 5) is 12.4. The SMILES string of the molecule is C=CCOP(=O)(OCC=C)O[C@H]1[C@H](OC)[C@@H](NC(=O)OCC(Cl)(Cl)Cl)[C@@H](O/C=C/C)O[C@@H]1CO. The number of aliphatic hydroxyl groups excluding tert-OH is 1. The number of rotatable bonds is 14. The van der Waals surface area contributed by atoms with Crippen molar-refractivity contribution in [3.8, 4) is 0 Å². The zero-order valence-corrected chi connectivity index (χ0v) is 21.8. The standard InChI is InChI=1S/C19H29Cl3NO10P/c1-5-8-28-17-14(23-18(25)29-12-19(20,21)22)16(27-4)15(13(11-24)32-17)33-34(26,30-9-6-2)31-10-7-3/h5-8,13-17,24H,2-3,9-12H2,1,4H3,(H,23,25)/b8-5+/t13-,14-,15-,16-,17+/m1/s1. The molecule has 1 amide bonds. The van der Waals surface area contributed by atoms with Crippen LogP contribution in [0, 0.1) is 0 Å². The van der Waals surface area contributed by atoms with Crippen LogP contribution in [0.5, 0.6) is 0 Å². The molecule has 0 aromatic heterocycles. The second-order valence-corrected chi connectivity index (χ2v) is 10.7. The Bertz CT molecular complexity index is 720. The molecule has 0 aromatic rings. The lowest BCUT2D eigenvalue weighted by atomic mass is 9.97. The molecule has 11 nitrogen and oxygen atoms in total. The van der Waals surface area contributed by atoms with E-state index in [1.807, 2.05) is 0 Å². The molecule has 1 saturated heterocycles. The largest absolute Gasteiger partial charge is 0.475 e. The first-order chi connectivity index (χ1) is 16.0. The van der Waals surface area contributed by atoms with Gasteiger partial charge in [0.25, 0.3) is 0 Å². The van der Waals surface area contributed by atoms with Gasteiger partial charge in [0.2, 0.25) is 10.1 Å². The van der Waals surface area contributed by atoms with Crippen LogP contribution >= 0.6 is 42.6 Å². The number of ether oxygens (including phenoxy) is 4. The lowest BCUT2D eigenvalue weighted by Gasteiger charge is -2.45. The number of alkyl carbamates (subject to hydrolysis) is 1. The molecule has 0 radical (unpaired) electrons. The minimum atomic E-state index is -4.22. The minimum Gasteiger partial charge on any atom is -0.471 e. The van der Waals surface area contributed by atoms with Gasteiger partial charge < -0.3 is 29.4 Å². The predicted molar refractivity (Wildman–Crippen MR) is 126 cm³/mol. The fraction of sp³-hybridized carbons (Fsp3) is 0.632. The van der Waals surface area contributed by atoms with Crippen molar-refractivity contribution in [3.63, 3.8) is 0 Å².